The highest BCUT2D eigenvalue weighted by Gasteiger charge is 2.22. The van der Waals surface area contributed by atoms with Gasteiger partial charge in [0.15, 0.2) is 0 Å². The summed E-state index contributed by atoms with van der Waals surface area (Å²) in [5.41, 5.74) is 2.58. The third-order valence-electron chi connectivity index (χ3n) is 6.45. The van der Waals surface area contributed by atoms with E-state index in [9.17, 15) is 14.4 Å². The summed E-state index contributed by atoms with van der Waals surface area (Å²) in [4.78, 5) is 42.0. The predicted molar refractivity (Wildman–Crippen MR) is 130 cm³/mol. The second-order valence-corrected chi connectivity index (χ2v) is 9.33. The van der Waals surface area contributed by atoms with Crippen molar-refractivity contribution in [2.75, 3.05) is 13.1 Å². The van der Waals surface area contributed by atoms with Gasteiger partial charge in [-0.1, -0.05) is 38.1 Å². The van der Waals surface area contributed by atoms with Crippen LogP contribution in [0.4, 0.5) is 0 Å². The molecule has 2 N–H and O–H groups in total. The fourth-order valence-corrected chi connectivity index (χ4v) is 5.06. The van der Waals surface area contributed by atoms with Crippen molar-refractivity contribution in [2.24, 2.45) is 11.8 Å². The fraction of sp³-hybridized carbons (Fsp3) is 0.423. The Labute approximate surface area is 193 Å². The molecule has 2 unspecified atom stereocenters. The summed E-state index contributed by atoms with van der Waals surface area (Å²) in [6, 6.07) is 13.3. The molecule has 3 aromatic rings. The molecule has 0 bridgehead atoms. The van der Waals surface area contributed by atoms with Crippen LogP contribution in [0, 0.1) is 11.8 Å². The second kappa shape index (κ2) is 9.75. The minimum Gasteiger partial charge on any atom is -0.348 e. The maximum absolute atomic E-state index is 12.9. The molecular weight excluding hydrogens is 416 g/mol. The van der Waals surface area contributed by atoms with E-state index in [0.29, 0.717) is 41.5 Å². The lowest BCUT2D eigenvalue weighted by Crippen LogP contribution is -2.38. The lowest BCUT2D eigenvalue weighted by Gasteiger charge is -2.35. The first kappa shape index (κ1) is 23.0. The zero-order valence-corrected chi connectivity index (χ0v) is 19.6. The van der Waals surface area contributed by atoms with Gasteiger partial charge in [0.1, 0.15) is 0 Å². The van der Waals surface area contributed by atoms with E-state index in [2.05, 4.69) is 41.2 Å². The first-order valence-corrected chi connectivity index (χ1v) is 11.7. The summed E-state index contributed by atoms with van der Waals surface area (Å²) in [6.07, 6.45) is 1.28. The van der Waals surface area contributed by atoms with E-state index in [-0.39, 0.29) is 5.91 Å². The molecule has 7 heteroatoms. The van der Waals surface area contributed by atoms with Crippen LogP contribution in [-0.2, 0) is 19.6 Å². The van der Waals surface area contributed by atoms with Gasteiger partial charge in [-0.15, -0.1) is 0 Å². The molecule has 0 aliphatic carbocycles. The van der Waals surface area contributed by atoms with Gasteiger partial charge < -0.3 is 14.9 Å². The quantitative estimate of drug-likeness (QED) is 0.567. The number of hydrogen-bond acceptors (Lipinski definition) is 4. The van der Waals surface area contributed by atoms with Crippen molar-refractivity contribution in [1.29, 1.82) is 0 Å². The van der Waals surface area contributed by atoms with E-state index < -0.39 is 11.1 Å². The number of carbonyl (C=O) groups excluding carboxylic acids is 1. The monoisotopic (exact) mass is 448 g/mol. The van der Waals surface area contributed by atoms with Gasteiger partial charge in [0, 0.05) is 38.3 Å². The Morgan fingerprint density at radius 3 is 2.45 bits per heavy atom. The highest BCUT2D eigenvalue weighted by molar-refractivity contribution is 5.97. The molecule has 1 aliphatic heterocycles. The molecule has 174 valence electrons. The van der Waals surface area contributed by atoms with Crippen LogP contribution in [0.1, 0.15) is 48.7 Å². The molecule has 1 fully saturated rings. The van der Waals surface area contributed by atoms with Crippen molar-refractivity contribution >= 4 is 16.9 Å². The van der Waals surface area contributed by atoms with Crippen molar-refractivity contribution < 1.29 is 4.79 Å². The minimum atomic E-state index is -0.683. The zero-order valence-electron chi connectivity index (χ0n) is 19.6. The van der Waals surface area contributed by atoms with Crippen molar-refractivity contribution in [3.05, 3.63) is 79.9 Å². The number of aryl methyl sites for hydroxylation is 1. The number of carbonyl (C=O) groups is 1. The van der Waals surface area contributed by atoms with Gasteiger partial charge in [-0.05, 0) is 54.5 Å². The topological polar surface area (TPSA) is 87.2 Å². The van der Waals surface area contributed by atoms with Gasteiger partial charge in [-0.2, -0.15) is 0 Å². The summed E-state index contributed by atoms with van der Waals surface area (Å²) in [5, 5.41) is 3.01. The number of nitrogens with zero attached hydrogens (tertiary/aromatic N) is 2. The number of piperidine rings is 1. The highest BCUT2D eigenvalue weighted by Crippen LogP contribution is 2.23. The van der Waals surface area contributed by atoms with E-state index in [4.69, 9.17) is 0 Å². The van der Waals surface area contributed by atoms with Crippen molar-refractivity contribution in [2.45, 2.75) is 46.8 Å². The maximum atomic E-state index is 12.9. The third-order valence-corrected chi connectivity index (χ3v) is 6.45. The lowest BCUT2D eigenvalue weighted by molar-refractivity contribution is 0.0950. The molecule has 0 saturated carbocycles. The molecule has 1 aliphatic rings. The summed E-state index contributed by atoms with van der Waals surface area (Å²) >= 11 is 0. The Morgan fingerprint density at radius 1 is 1.06 bits per heavy atom. The van der Waals surface area contributed by atoms with Crippen LogP contribution in [0.5, 0.6) is 0 Å². The highest BCUT2D eigenvalue weighted by atomic mass is 16.2. The SMILES string of the molecule is CCn1c(=O)c(=O)[nH]c2cc(C(=O)NCc3ccccc3CN3CC(C)CC(C)C3)ccc21. The molecule has 1 aromatic heterocycles. The average molecular weight is 449 g/mol. The minimum absolute atomic E-state index is 0.220. The Hall–Kier alpha value is -3.19. The third kappa shape index (κ3) is 5.09. The van der Waals surface area contributed by atoms with Crippen LogP contribution in [0.25, 0.3) is 11.0 Å². The van der Waals surface area contributed by atoms with Crippen LogP contribution < -0.4 is 16.4 Å². The van der Waals surface area contributed by atoms with Gasteiger partial charge in [0.05, 0.1) is 11.0 Å². The van der Waals surface area contributed by atoms with E-state index >= 15 is 0 Å². The molecule has 2 heterocycles. The predicted octanol–water partition coefficient (Wildman–Crippen LogP) is 3.12. The number of likely N-dealkylation sites (tertiary alicyclic amines) is 1. The van der Waals surface area contributed by atoms with E-state index in [1.165, 1.54) is 16.6 Å². The maximum Gasteiger partial charge on any atom is 0.316 e. The fourth-order valence-electron chi connectivity index (χ4n) is 5.06. The number of hydrogen-bond donors (Lipinski definition) is 2. The van der Waals surface area contributed by atoms with Gasteiger partial charge in [-0.25, -0.2) is 0 Å². The van der Waals surface area contributed by atoms with Crippen LogP contribution in [-0.4, -0.2) is 33.4 Å². The largest absolute Gasteiger partial charge is 0.348 e. The van der Waals surface area contributed by atoms with Gasteiger partial charge >= 0.3 is 11.1 Å². The van der Waals surface area contributed by atoms with Crippen molar-refractivity contribution in [3.63, 3.8) is 0 Å². The first-order valence-electron chi connectivity index (χ1n) is 11.7. The number of amides is 1. The molecule has 1 amide bonds. The molecule has 0 radical (unpaired) electrons. The molecule has 33 heavy (non-hydrogen) atoms. The van der Waals surface area contributed by atoms with Crippen molar-refractivity contribution in [3.8, 4) is 0 Å². The zero-order chi connectivity index (χ0) is 23.5. The smallest absolute Gasteiger partial charge is 0.316 e. The second-order valence-electron chi connectivity index (χ2n) is 9.33. The molecule has 4 rings (SSSR count). The Morgan fingerprint density at radius 2 is 1.76 bits per heavy atom. The molecule has 1 saturated heterocycles. The van der Waals surface area contributed by atoms with Gasteiger partial charge in [0.2, 0.25) is 0 Å². The molecule has 0 spiro atoms. The van der Waals surface area contributed by atoms with Crippen LogP contribution in [0.15, 0.2) is 52.1 Å². The van der Waals surface area contributed by atoms with Crippen LogP contribution in [0.2, 0.25) is 0 Å². The van der Waals surface area contributed by atoms with Gasteiger partial charge in [0.25, 0.3) is 5.91 Å². The normalized spacial score (nSPS) is 19.0. The van der Waals surface area contributed by atoms with Gasteiger partial charge in [-0.3, -0.25) is 19.3 Å². The summed E-state index contributed by atoms with van der Waals surface area (Å²) in [6.45, 7) is 10.3. The number of rotatable bonds is 6. The van der Waals surface area contributed by atoms with Crippen LogP contribution >= 0.6 is 0 Å². The first-order chi connectivity index (χ1) is 15.9. The van der Waals surface area contributed by atoms with E-state index in [1.807, 2.05) is 19.1 Å². The summed E-state index contributed by atoms with van der Waals surface area (Å²) in [7, 11) is 0. The molecule has 7 nitrogen and oxygen atoms in total. The van der Waals surface area contributed by atoms with Crippen molar-refractivity contribution in [1.82, 2.24) is 19.8 Å². The lowest BCUT2D eigenvalue weighted by atomic mass is 9.91. The number of nitrogens with one attached hydrogen (secondary N) is 2. The number of benzene rings is 2. The number of aromatic amines is 1. The standard InChI is InChI=1S/C26H32N4O3/c1-4-30-23-10-9-19(12-22(23)28-25(32)26(30)33)24(31)27-13-20-7-5-6-8-21(20)16-29-14-17(2)11-18(3)15-29/h5-10,12,17-18H,4,11,13-16H2,1-3H3,(H,27,31)(H,28,32). The van der Waals surface area contributed by atoms with E-state index in [1.54, 1.807) is 18.2 Å². The molecule has 2 aromatic carbocycles. The Balaban J connectivity index is 1.49. The Bertz CT molecular complexity index is 1270. The molecular formula is C26H32N4O3. The summed E-state index contributed by atoms with van der Waals surface area (Å²) < 4.78 is 1.41. The average Bonchev–Trinajstić information content (AvgIpc) is 2.78. The Kier molecular flexibility index (Phi) is 6.79. The molecule has 2 atom stereocenters. The van der Waals surface area contributed by atoms with Crippen LogP contribution in [0.3, 0.4) is 0 Å². The number of fused-ring (bicyclic) bond motifs is 1. The summed E-state index contributed by atoms with van der Waals surface area (Å²) in [5.74, 6) is 1.18. The number of H-pyrrole nitrogens is 1. The van der Waals surface area contributed by atoms with E-state index in [0.717, 1.165) is 25.2 Å². The number of aromatic nitrogens is 2.